The zero-order valence-electron chi connectivity index (χ0n) is 14.5. The van der Waals surface area contributed by atoms with Crippen molar-refractivity contribution in [3.05, 3.63) is 58.9 Å². The highest BCUT2D eigenvalue weighted by Crippen LogP contribution is 2.21. The molecule has 138 valence electrons. The van der Waals surface area contributed by atoms with E-state index in [1.807, 2.05) is 18.2 Å². The number of carbonyl (C=O) groups is 1. The average Bonchev–Trinajstić information content (AvgIpc) is 2.66. The first kappa shape index (κ1) is 18.5. The fraction of sp³-hybridized carbons (Fsp3) is 0.316. The van der Waals surface area contributed by atoms with Crippen LogP contribution in [0.15, 0.2) is 42.5 Å². The maximum atomic E-state index is 13.2. The summed E-state index contributed by atoms with van der Waals surface area (Å²) in [5.74, 6) is 0.371. The molecule has 0 unspecified atom stereocenters. The Labute approximate surface area is 157 Å². The van der Waals surface area contributed by atoms with Crippen LogP contribution in [-0.4, -0.2) is 49.1 Å². The zero-order valence-corrected chi connectivity index (χ0v) is 15.3. The van der Waals surface area contributed by atoms with Crippen molar-refractivity contribution in [1.29, 1.82) is 0 Å². The van der Waals surface area contributed by atoms with E-state index in [0.29, 0.717) is 18.8 Å². The number of rotatable bonds is 4. The molecule has 0 bridgehead atoms. The number of para-hydroxylation sites is 1. The second kappa shape index (κ2) is 8.38. The summed E-state index contributed by atoms with van der Waals surface area (Å²) in [6.45, 7) is 3.57. The molecule has 0 aliphatic carbocycles. The molecular formula is C19H21ClFN3O2. The number of hydrogen-bond acceptors (Lipinski definition) is 3. The molecule has 1 aliphatic rings. The lowest BCUT2D eigenvalue weighted by atomic mass is 10.1. The third-order valence-electron chi connectivity index (χ3n) is 4.42. The number of nitrogens with zero attached hydrogens (tertiary/aromatic N) is 2. The third kappa shape index (κ3) is 4.45. The number of ether oxygens (including phenoxy) is 1. The number of hydrogen-bond donors (Lipinski definition) is 1. The lowest BCUT2D eigenvalue weighted by Crippen LogP contribution is -2.49. The van der Waals surface area contributed by atoms with E-state index in [1.165, 1.54) is 18.2 Å². The first-order valence-electron chi connectivity index (χ1n) is 8.42. The number of benzene rings is 2. The molecule has 2 amide bonds. The molecular weight excluding hydrogens is 357 g/mol. The topological polar surface area (TPSA) is 44.8 Å². The number of anilines is 1. The number of amides is 2. The minimum absolute atomic E-state index is 0.00979. The molecule has 0 saturated carbocycles. The Morgan fingerprint density at radius 2 is 1.92 bits per heavy atom. The van der Waals surface area contributed by atoms with E-state index < -0.39 is 5.82 Å². The summed E-state index contributed by atoms with van der Waals surface area (Å²) in [5, 5.41) is 2.75. The van der Waals surface area contributed by atoms with Crippen molar-refractivity contribution in [3.8, 4) is 5.75 Å². The molecule has 7 heteroatoms. The van der Waals surface area contributed by atoms with Gasteiger partial charge in [-0.3, -0.25) is 4.90 Å². The van der Waals surface area contributed by atoms with E-state index in [9.17, 15) is 9.18 Å². The minimum Gasteiger partial charge on any atom is -0.496 e. The van der Waals surface area contributed by atoms with Gasteiger partial charge in [-0.05, 0) is 24.3 Å². The molecule has 0 spiro atoms. The molecule has 1 aliphatic heterocycles. The van der Waals surface area contributed by atoms with Crippen LogP contribution in [0.1, 0.15) is 5.56 Å². The number of methoxy groups -OCH3 is 1. The first-order chi connectivity index (χ1) is 12.6. The van der Waals surface area contributed by atoms with E-state index in [2.05, 4.69) is 16.3 Å². The van der Waals surface area contributed by atoms with Gasteiger partial charge in [0, 0.05) is 44.0 Å². The fourth-order valence-electron chi connectivity index (χ4n) is 2.96. The Balaban J connectivity index is 1.53. The molecule has 0 aromatic heterocycles. The van der Waals surface area contributed by atoms with E-state index >= 15 is 0 Å². The van der Waals surface area contributed by atoms with Crippen LogP contribution in [0.5, 0.6) is 5.75 Å². The largest absolute Gasteiger partial charge is 0.496 e. The Morgan fingerprint density at radius 3 is 2.62 bits per heavy atom. The van der Waals surface area contributed by atoms with Crippen LogP contribution in [0.4, 0.5) is 14.9 Å². The Bertz CT molecular complexity index is 779. The molecule has 1 heterocycles. The summed E-state index contributed by atoms with van der Waals surface area (Å²) < 4.78 is 18.6. The SMILES string of the molecule is COc1ccccc1CN1CCN(C(=O)Nc2ccc(F)c(Cl)c2)CC1. The monoisotopic (exact) mass is 377 g/mol. The minimum atomic E-state index is -0.505. The molecule has 1 saturated heterocycles. The molecule has 1 fully saturated rings. The van der Waals surface area contributed by atoms with Gasteiger partial charge in [0.15, 0.2) is 0 Å². The summed E-state index contributed by atoms with van der Waals surface area (Å²) in [5.41, 5.74) is 1.62. The first-order valence-corrected chi connectivity index (χ1v) is 8.80. The highest BCUT2D eigenvalue weighted by Gasteiger charge is 2.22. The third-order valence-corrected chi connectivity index (χ3v) is 4.71. The van der Waals surface area contributed by atoms with Crippen molar-refractivity contribution in [2.24, 2.45) is 0 Å². The van der Waals surface area contributed by atoms with Crippen LogP contribution in [0.3, 0.4) is 0 Å². The van der Waals surface area contributed by atoms with Gasteiger partial charge in [-0.15, -0.1) is 0 Å². The van der Waals surface area contributed by atoms with Gasteiger partial charge in [0.2, 0.25) is 0 Å². The number of halogens is 2. The van der Waals surface area contributed by atoms with Gasteiger partial charge >= 0.3 is 6.03 Å². The molecule has 0 radical (unpaired) electrons. The molecule has 5 nitrogen and oxygen atoms in total. The van der Waals surface area contributed by atoms with Crippen LogP contribution < -0.4 is 10.1 Å². The number of urea groups is 1. The van der Waals surface area contributed by atoms with Crippen molar-refractivity contribution < 1.29 is 13.9 Å². The molecule has 1 N–H and O–H groups in total. The zero-order chi connectivity index (χ0) is 18.5. The maximum Gasteiger partial charge on any atom is 0.321 e. The molecule has 3 rings (SSSR count). The van der Waals surface area contributed by atoms with Crippen molar-refractivity contribution in [1.82, 2.24) is 9.80 Å². The van der Waals surface area contributed by atoms with Crippen LogP contribution in [0.25, 0.3) is 0 Å². The van der Waals surface area contributed by atoms with Crippen molar-refractivity contribution in [2.75, 3.05) is 38.6 Å². The fourth-order valence-corrected chi connectivity index (χ4v) is 3.14. The van der Waals surface area contributed by atoms with Gasteiger partial charge in [0.25, 0.3) is 0 Å². The summed E-state index contributed by atoms with van der Waals surface area (Å²) in [6, 6.07) is 11.9. The Hall–Kier alpha value is -2.31. The normalized spacial score (nSPS) is 15.0. The Kier molecular flexibility index (Phi) is 5.96. The molecule has 2 aromatic rings. The lowest BCUT2D eigenvalue weighted by Gasteiger charge is -2.34. The quantitative estimate of drug-likeness (QED) is 0.880. The standard InChI is InChI=1S/C19H21ClFN3O2/c1-26-18-5-3-2-4-14(18)13-23-8-10-24(11-9-23)19(25)22-15-6-7-17(21)16(20)12-15/h2-7,12H,8-11,13H2,1H3,(H,22,25). The Morgan fingerprint density at radius 1 is 1.19 bits per heavy atom. The van der Waals surface area contributed by atoms with Gasteiger partial charge < -0.3 is 15.0 Å². The summed E-state index contributed by atoms with van der Waals surface area (Å²) in [7, 11) is 1.67. The van der Waals surface area contributed by atoms with E-state index in [0.717, 1.165) is 30.9 Å². The van der Waals surface area contributed by atoms with Gasteiger partial charge in [-0.2, -0.15) is 0 Å². The van der Waals surface area contributed by atoms with Crippen LogP contribution in [-0.2, 0) is 6.54 Å². The maximum absolute atomic E-state index is 13.2. The van der Waals surface area contributed by atoms with Crippen molar-refractivity contribution >= 4 is 23.3 Å². The lowest BCUT2D eigenvalue weighted by molar-refractivity contribution is 0.142. The van der Waals surface area contributed by atoms with Gasteiger partial charge in [-0.1, -0.05) is 29.8 Å². The highest BCUT2D eigenvalue weighted by atomic mass is 35.5. The van der Waals surface area contributed by atoms with Gasteiger partial charge in [-0.25, -0.2) is 9.18 Å². The van der Waals surface area contributed by atoms with E-state index in [4.69, 9.17) is 16.3 Å². The smallest absolute Gasteiger partial charge is 0.321 e. The second-order valence-corrected chi connectivity index (χ2v) is 6.54. The molecule has 26 heavy (non-hydrogen) atoms. The van der Waals surface area contributed by atoms with Crippen LogP contribution >= 0.6 is 11.6 Å². The van der Waals surface area contributed by atoms with E-state index in [1.54, 1.807) is 12.0 Å². The molecule has 0 atom stereocenters. The summed E-state index contributed by atoms with van der Waals surface area (Å²) >= 11 is 5.75. The van der Waals surface area contributed by atoms with Crippen molar-refractivity contribution in [2.45, 2.75) is 6.54 Å². The molecule has 2 aromatic carbocycles. The van der Waals surface area contributed by atoms with Crippen molar-refractivity contribution in [3.63, 3.8) is 0 Å². The summed E-state index contributed by atoms with van der Waals surface area (Å²) in [4.78, 5) is 16.4. The highest BCUT2D eigenvalue weighted by molar-refractivity contribution is 6.31. The number of carbonyl (C=O) groups excluding carboxylic acids is 1. The second-order valence-electron chi connectivity index (χ2n) is 6.13. The van der Waals surface area contributed by atoms with Gasteiger partial charge in [0.1, 0.15) is 11.6 Å². The summed E-state index contributed by atoms with van der Waals surface area (Å²) in [6.07, 6.45) is 0. The number of nitrogens with one attached hydrogen (secondary N) is 1. The van der Waals surface area contributed by atoms with E-state index in [-0.39, 0.29) is 11.1 Å². The predicted molar refractivity (Wildman–Crippen MR) is 100 cm³/mol. The number of piperazine rings is 1. The van der Waals surface area contributed by atoms with Crippen LogP contribution in [0, 0.1) is 5.82 Å². The predicted octanol–water partition coefficient (Wildman–Crippen LogP) is 3.84. The average molecular weight is 378 g/mol. The van der Waals surface area contributed by atoms with Gasteiger partial charge in [0.05, 0.1) is 12.1 Å². The van der Waals surface area contributed by atoms with Crippen LogP contribution in [0.2, 0.25) is 5.02 Å².